The van der Waals surface area contributed by atoms with Gasteiger partial charge in [-0.2, -0.15) is 0 Å². The van der Waals surface area contributed by atoms with Crippen LogP contribution in [0.5, 0.6) is 0 Å². The summed E-state index contributed by atoms with van der Waals surface area (Å²) >= 11 is 0. The molecule has 0 saturated carbocycles. The van der Waals surface area contributed by atoms with E-state index in [0.717, 1.165) is 19.5 Å². The standard InChI is InChI=1S/C15H23N3.2ClH/c1-12-11-16-8-7-13-5-6-14(17-15(12)13)18-9-3-2-4-10-18;;/h5-6,12,16H,2-4,7-11H2,1H3;2*1H/t12-;;/m1../s1. The molecule has 1 aromatic heterocycles. The lowest BCUT2D eigenvalue weighted by Gasteiger charge is -2.28. The Bertz CT molecular complexity index is 420. The van der Waals surface area contributed by atoms with E-state index in [1.54, 1.807) is 0 Å². The molecule has 1 N–H and O–H groups in total. The van der Waals surface area contributed by atoms with E-state index < -0.39 is 0 Å². The number of anilines is 1. The van der Waals surface area contributed by atoms with Gasteiger partial charge in [0, 0.05) is 25.6 Å². The summed E-state index contributed by atoms with van der Waals surface area (Å²) in [6.07, 6.45) is 5.13. The predicted molar refractivity (Wildman–Crippen MR) is 89.8 cm³/mol. The van der Waals surface area contributed by atoms with Gasteiger partial charge in [-0.05, 0) is 43.9 Å². The number of rotatable bonds is 1. The second kappa shape index (κ2) is 8.06. The number of hydrogen-bond acceptors (Lipinski definition) is 3. The molecule has 1 saturated heterocycles. The minimum absolute atomic E-state index is 0. The van der Waals surface area contributed by atoms with E-state index in [1.165, 1.54) is 49.4 Å². The Kier molecular flexibility index (Phi) is 7.07. The summed E-state index contributed by atoms with van der Waals surface area (Å²) in [5.41, 5.74) is 2.76. The molecule has 2 aliphatic heterocycles. The Morgan fingerprint density at radius 3 is 2.65 bits per heavy atom. The minimum Gasteiger partial charge on any atom is -0.357 e. The first kappa shape index (κ1) is 17.5. The van der Waals surface area contributed by atoms with Crippen molar-refractivity contribution < 1.29 is 0 Å². The first-order valence-corrected chi connectivity index (χ1v) is 7.30. The fraction of sp³-hybridized carbons (Fsp3) is 0.667. The number of nitrogens with one attached hydrogen (secondary N) is 1. The van der Waals surface area contributed by atoms with Gasteiger partial charge >= 0.3 is 0 Å². The molecular formula is C15H25Cl2N3. The lowest BCUT2D eigenvalue weighted by molar-refractivity contribution is 0.571. The monoisotopic (exact) mass is 317 g/mol. The number of pyridine rings is 1. The van der Waals surface area contributed by atoms with Crippen LogP contribution in [0.1, 0.15) is 43.4 Å². The van der Waals surface area contributed by atoms with E-state index in [4.69, 9.17) is 4.98 Å². The van der Waals surface area contributed by atoms with Gasteiger partial charge in [0.2, 0.25) is 0 Å². The van der Waals surface area contributed by atoms with Gasteiger partial charge in [0.05, 0.1) is 5.69 Å². The van der Waals surface area contributed by atoms with Crippen molar-refractivity contribution in [2.45, 2.75) is 38.5 Å². The molecule has 1 atom stereocenters. The van der Waals surface area contributed by atoms with Crippen molar-refractivity contribution in [1.82, 2.24) is 10.3 Å². The average molecular weight is 318 g/mol. The zero-order valence-corrected chi connectivity index (χ0v) is 13.7. The normalized spacial score (nSPS) is 22.1. The van der Waals surface area contributed by atoms with Crippen LogP contribution in [-0.2, 0) is 6.42 Å². The third-order valence-corrected chi connectivity index (χ3v) is 4.17. The highest BCUT2D eigenvalue weighted by molar-refractivity contribution is 5.85. The topological polar surface area (TPSA) is 28.2 Å². The molecule has 0 amide bonds. The highest BCUT2D eigenvalue weighted by Gasteiger charge is 2.19. The molecule has 0 radical (unpaired) electrons. The van der Waals surface area contributed by atoms with Gasteiger partial charge in [0.15, 0.2) is 0 Å². The average Bonchev–Trinajstić information content (AvgIpc) is 2.62. The third-order valence-electron chi connectivity index (χ3n) is 4.17. The molecule has 1 fully saturated rings. The van der Waals surface area contributed by atoms with E-state index in [-0.39, 0.29) is 24.8 Å². The first-order valence-electron chi connectivity index (χ1n) is 7.30. The van der Waals surface area contributed by atoms with Gasteiger partial charge in [-0.25, -0.2) is 4.98 Å². The summed E-state index contributed by atoms with van der Waals surface area (Å²) in [5, 5.41) is 3.49. The van der Waals surface area contributed by atoms with Crippen LogP contribution < -0.4 is 10.2 Å². The van der Waals surface area contributed by atoms with Gasteiger partial charge in [0.25, 0.3) is 0 Å². The van der Waals surface area contributed by atoms with Crippen LogP contribution in [0.15, 0.2) is 12.1 Å². The molecule has 0 bridgehead atoms. The SMILES string of the molecule is C[C@@H]1CNCCc2ccc(N3CCCCC3)nc21.Cl.Cl. The van der Waals surface area contributed by atoms with Crippen molar-refractivity contribution in [3.63, 3.8) is 0 Å². The molecule has 0 unspecified atom stereocenters. The van der Waals surface area contributed by atoms with Gasteiger partial charge < -0.3 is 10.2 Å². The lowest BCUT2D eigenvalue weighted by Crippen LogP contribution is -2.30. The molecular weight excluding hydrogens is 293 g/mol. The maximum Gasteiger partial charge on any atom is 0.128 e. The van der Waals surface area contributed by atoms with Crippen LogP contribution in [-0.4, -0.2) is 31.2 Å². The molecule has 5 heteroatoms. The molecule has 0 aromatic carbocycles. The lowest BCUT2D eigenvalue weighted by atomic mass is 10.0. The second-order valence-corrected chi connectivity index (χ2v) is 5.62. The zero-order chi connectivity index (χ0) is 12.4. The molecule has 2 aliphatic rings. The van der Waals surface area contributed by atoms with Crippen molar-refractivity contribution in [2.24, 2.45) is 0 Å². The van der Waals surface area contributed by atoms with Crippen molar-refractivity contribution in [3.8, 4) is 0 Å². The summed E-state index contributed by atoms with van der Waals surface area (Å²) in [6, 6.07) is 4.53. The highest BCUT2D eigenvalue weighted by Crippen LogP contribution is 2.25. The van der Waals surface area contributed by atoms with Gasteiger partial charge in [0.1, 0.15) is 5.82 Å². The number of halogens is 2. The van der Waals surface area contributed by atoms with Crippen molar-refractivity contribution in [2.75, 3.05) is 31.1 Å². The Morgan fingerprint density at radius 1 is 1.15 bits per heavy atom. The Labute approximate surface area is 134 Å². The van der Waals surface area contributed by atoms with E-state index >= 15 is 0 Å². The van der Waals surface area contributed by atoms with Crippen molar-refractivity contribution in [3.05, 3.63) is 23.4 Å². The highest BCUT2D eigenvalue weighted by atomic mass is 35.5. The van der Waals surface area contributed by atoms with Crippen LogP contribution in [0.25, 0.3) is 0 Å². The predicted octanol–water partition coefficient (Wildman–Crippen LogP) is 3.16. The summed E-state index contributed by atoms with van der Waals surface area (Å²) in [7, 11) is 0. The summed E-state index contributed by atoms with van der Waals surface area (Å²) in [5.74, 6) is 1.73. The van der Waals surface area contributed by atoms with Crippen LogP contribution in [0.3, 0.4) is 0 Å². The fourth-order valence-corrected chi connectivity index (χ4v) is 3.07. The van der Waals surface area contributed by atoms with Crippen molar-refractivity contribution in [1.29, 1.82) is 0 Å². The van der Waals surface area contributed by atoms with E-state index in [0.29, 0.717) is 5.92 Å². The molecule has 114 valence electrons. The number of fused-ring (bicyclic) bond motifs is 1. The summed E-state index contributed by atoms with van der Waals surface area (Å²) < 4.78 is 0. The second-order valence-electron chi connectivity index (χ2n) is 5.62. The maximum atomic E-state index is 4.96. The quantitative estimate of drug-likeness (QED) is 0.862. The molecule has 0 spiro atoms. The summed E-state index contributed by atoms with van der Waals surface area (Å²) in [6.45, 7) is 6.78. The zero-order valence-electron chi connectivity index (χ0n) is 12.1. The molecule has 3 nitrogen and oxygen atoms in total. The molecule has 20 heavy (non-hydrogen) atoms. The summed E-state index contributed by atoms with van der Waals surface area (Å²) in [4.78, 5) is 7.42. The van der Waals surface area contributed by atoms with Gasteiger partial charge in [-0.1, -0.05) is 13.0 Å². The van der Waals surface area contributed by atoms with Crippen LogP contribution in [0.2, 0.25) is 0 Å². The molecule has 1 aromatic rings. The van der Waals surface area contributed by atoms with Crippen molar-refractivity contribution >= 4 is 30.6 Å². The number of aromatic nitrogens is 1. The van der Waals surface area contributed by atoms with Gasteiger partial charge in [-0.3, -0.25) is 0 Å². The number of nitrogens with zero attached hydrogens (tertiary/aromatic N) is 2. The molecule has 3 heterocycles. The first-order chi connectivity index (χ1) is 8.84. The molecule has 0 aliphatic carbocycles. The van der Waals surface area contributed by atoms with E-state index in [2.05, 4.69) is 29.3 Å². The largest absolute Gasteiger partial charge is 0.357 e. The number of hydrogen-bond donors (Lipinski definition) is 1. The minimum atomic E-state index is 0. The molecule has 3 rings (SSSR count). The van der Waals surface area contributed by atoms with Crippen LogP contribution >= 0.6 is 24.8 Å². The van der Waals surface area contributed by atoms with E-state index in [1.807, 2.05) is 0 Å². The van der Waals surface area contributed by atoms with Crippen LogP contribution in [0, 0.1) is 0 Å². The number of piperidine rings is 1. The Hall–Kier alpha value is -0.510. The van der Waals surface area contributed by atoms with Gasteiger partial charge in [-0.15, -0.1) is 24.8 Å². The van der Waals surface area contributed by atoms with E-state index in [9.17, 15) is 0 Å². The maximum absolute atomic E-state index is 4.96. The Balaban J connectivity index is 0.000001000. The Morgan fingerprint density at radius 2 is 1.90 bits per heavy atom. The smallest absolute Gasteiger partial charge is 0.128 e. The van der Waals surface area contributed by atoms with Crippen LogP contribution in [0.4, 0.5) is 5.82 Å². The fourth-order valence-electron chi connectivity index (χ4n) is 3.07. The third kappa shape index (κ3) is 3.78.